The lowest BCUT2D eigenvalue weighted by atomic mass is 10.2. The summed E-state index contributed by atoms with van der Waals surface area (Å²) in [5.74, 6) is -2.21. The normalized spacial score (nSPS) is 18.5. The third-order valence-corrected chi connectivity index (χ3v) is 5.91. The summed E-state index contributed by atoms with van der Waals surface area (Å²) in [5, 5.41) is 2.76. The van der Waals surface area contributed by atoms with Gasteiger partial charge in [-0.25, -0.2) is 27.2 Å². The van der Waals surface area contributed by atoms with Crippen LogP contribution in [0.25, 0.3) is 0 Å². The van der Waals surface area contributed by atoms with Crippen molar-refractivity contribution in [3.8, 4) is 0 Å². The monoisotopic (exact) mass is 382 g/mol. The molecule has 0 aliphatic carbocycles. The first kappa shape index (κ1) is 18.2. The Bertz CT molecular complexity index is 952. The van der Waals surface area contributed by atoms with Crippen LogP contribution in [0.1, 0.15) is 16.9 Å². The van der Waals surface area contributed by atoms with E-state index in [9.17, 15) is 22.0 Å². The maximum Gasteiger partial charge on any atom is 0.272 e. The first-order chi connectivity index (χ1) is 12.2. The number of anilines is 2. The minimum atomic E-state index is -3.12. The highest BCUT2D eigenvalue weighted by Crippen LogP contribution is 2.20. The van der Waals surface area contributed by atoms with Crippen LogP contribution in [0.2, 0.25) is 0 Å². The molecule has 138 valence electrons. The summed E-state index contributed by atoms with van der Waals surface area (Å²) in [6.07, 6.45) is 1.55. The van der Waals surface area contributed by atoms with Gasteiger partial charge in [-0.2, -0.15) is 0 Å². The molecule has 1 N–H and O–H groups in total. The number of amides is 1. The van der Waals surface area contributed by atoms with Crippen molar-refractivity contribution in [2.45, 2.75) is 12.5 Å². The molecule has 0 spiro atoms. The predicted molar refractivity (Wildman–Crippen MR) is 90.8 cm³/mol. The molecule has 7 nitrogen and oxygen atoms in total. The summed E-state index contributed by atoms with van der Waals surface area (Å²) in [6.45, 7) is 0. The summed E-state index contributed by atoms with van der Waals surface area (Å²) in [4.78, 5) is 21.8. The Morgan fingerprint density at radius 1 is 1.23 bits per heavy atom. The molecule has 10 heteroatoms. The molecule has 26 heavy (non-hydrogen) atoms. The maximum atomic E-state index is 13.3. The summed E-state index contributed by atoms with van der Waals surface area (Å²) in [6, 6.07) is 4.24. The van der Waals surface area contributed by atoms with E-state index >= 15 is 0 Å². The molecule has 1 fully saturated rings. The van der Waals surface area contributed by atoms with Crippen LogP contribution in [-0.2, 0) is 9.84 Å². The van der Waals surface area contributed by atoms with Gasteiger partial charge in [0.05, 0.1) is 11.5 Å². The van der Waals surface area contributed by atoms with Crippen LogP contribution in [0.4, 0.5) is 20.3 Å². The maximum absolute atomic E-state index is 13.3. The topological polar surface area (TPSA) is 92.3 Å². The molecule has 1 unspecified atom stereocenters. The van der Waals surface area contributed by atoms with E-state index in [0.717, 1.165) is 18.5 Å². The van der Waals surface area contributed by atoms with Crippen molar-refractivity contribution >= 4 is 27.2 Å². The fourth-order valence-corrected chi connectivity index (χ4v) is 4.47. The van der Waals surface area contributed by atoms with Crippen molar-refractivity contribution in [3.63, 3.8) is 0 Å². The van der Waals surface area contributed by atoms with Crippen molar-refractivity contribution in [1.29, 1.82) is 0 Å². The summed E-state index contributed by atoms with van der Waals surface area (Å²) in [5.41, 5.74) is 0.327. The number of carbonyl (C=O) groups is 1. The molecule has 1 aromatic carbocycles. The Kier molecular flexibility index (Phi) is 4.86. The predicted octanol–water partition coefficient (Wildman–Crippen LogP) is 1.76. The van der Waals surface area contributed by atoms with Crippen LogP contribution in [0.15, 0.2) is 30.6 Å². The molecule has 2 heterocycles. The number of nitrogens with zero attached hydrogens (tertiary/aromatic N) is 3. The van der Waals surface area contributed by atoms with E-state index in [2.05, 4.69) is 15.3 Å². The van der Waals surface area contributed by atoms with Crippen LogP contribution in [0.5, 0.6) is 0 Å². The number of halogens is 2. The first-order valence-electron chi connectivity index (χ1n) is 7.77. The zero-order valence-electron chi connectivity index (χ0n) is 13.8. The van der Waals surface area contributed by atoms with E-state index in [-0.39, 0.29) is 28.7 Å². The van der Waals surface area contributed by atoms with Gasteiger partial charge in [0, 0.05) is 30.9 Å². The van der Waals surface area contributed by atoms with Gasteiger partial charge < -0.3 is 10.2 Å². The highest BCUT2D eigenvalue weighted by atomic mass is 32.2. The van der Waals surface area contributed by atoms with Crippen molar-refractivity contribution in [1.82, 2.24) is 14.9 Å². The number of hydrogen-bond donors (Lipinski definition) is 1. The van der Waals surface area contributed by atoms with E-state index < -0.39 is 33.4 Å². The fraction of sp³-hybridized carbons (Fsp3) is 0.312. The van der Waals surface area contributed by atoms with E-state index in [1.807, 2.05) is 0 Å². The smallest absolute Gasteiger partial charge is 0.272 e. The summed E-state index contributed by atoms with van der Waals surface area (Å²) < 4.78 is 49.4. The minimum Gasteiger partial charge on any atom is -0.340 e. The Labute approximate surface area is 149 Å². The molecule has 1 amide bonds. The van der Waals surface area contributed by atoms with E-state index in [4.69, 9.17) is 0 Å². The number of aromatic nitrogens is 2. The Morgan fingerprint density at radius 3 is 2.65 bits per heavy atom. The van der Waals surface area contributed by atoms with Crippen molar-refractivity contribution < 1.29 is 22.0 Å². The molecule has 0 saturated carbocycles. The van der Waals surface area contributed by atoms with Gasteiger partial charge in [0.2, 0.25) is 0 Å². The standard InChI is InChI=1S/C16H16F2N4O3S/c1-22(11-4-5-26(24,25)8-11)16(23)14-7-15(20-9-19-14)21-10-2-3-12(17)13(18)6-10/h2-3,6-7,9,11H,4-5,8H2,1H3,(H,19,20,21). The second-order valence-electron chi connectivity index (χ2n) is 6.02. The number of sulfone groups is 1. The number of rotatable bonds is 4. The number of benzene rings is 1. The molecular formula is C16H16F2N4O3S. The van der Waals surface area contributed by atoms with Crippen LogP contribution in [0.3, 0.4) is 0 Å². The highest BCUT2D eigenvalue weighted by Gasteiger charge is 2.33. The van der Waals surface area contributed by atoms with Crippen LogP contribution in [0, 0.1) is 11.6 Å². The lowest BCUT2D eigenvalue weighted by Gasteiger charge is -2.23. The lowest BCUT2D eigenvalue weighted by Crippen LogP contribution is -2.38. The van der Waals surface area contributed by atoms with Gasteiger partial charge in [-0.1, -0.05) is 0 Å². The molecule has 1 aromatic heterocycles. The largest absolute Gasteiger partial charge is 0.340 e. The molecule has 1 atom stereocenters. The van der Waals surface area contributed by atoms with E-state index in [0.29, 0.717) is 6.42 Å². The van der Waals surface area contributed by atoms with Gasteiger partial charge in [0.1, 0.15) is 17.8 Å². The second kappa shape index (κ2) is 6.94. The Balaban J connectivity index is 1.76. The first-order valence-corrected chi connectivity index (χ1v) is 9.59. The fourth-order valence-electron chi connectivity index (χ4n) is 2.69. The molecule has 0 radical (unpaired) electrons. The molecule has 1 saturated heterocycles. The average Bonchev–Trinajstić information content (AvgIpc) is 2.97. The van der Waals surface area contributed by atoms with E-state index in [1.54, 1.807) is 0 Å². The van der Waals surface area contributed by atoms with Crippen LogP contribution >= 0.6 is 0 Å². The van der Waals surface area contributed by atoms with Crippen LogP contribution < -0.4 is 5.32 Å². The zero-order chi connectivity index (χ0) is 18.9. The van der Waals surface area contributed by atoms with Crippen molar-refractivity contribution in [3.05, 3.63) is 47.9 Å². The Hall–Kier alpha value is -2.62. The third kappa shape index (κ3) is 3.96. The quantitative estimate of drug-likeness (QED) is 0.866. The highest BCUT2D eigenvalue weighted by molar-refractivity contribution is 7.91. The molecule has 2 aromatic rings. The minimum absolute atomic E-state index is 0.0575. The van der Waals surface area contributed by atoms with Gasteiger partial charge in [-0.05, 0) is 18.6 Å². The van der Waals surface area contributed by atoms with Crippen molar-refractivity contribution in [2.24, 2.45) is 0 Å². The summed E-state index contributed by atoms with van der Waals surface area (Å²) >= 11 is 0. The SMILES string of the molecule is CN(C(=O)c1cc(Nc2ccc(F)c(F)c2)ncn1)C1CCS(=O)(=O)C1. The molecule has 3 rings (SSSR count). The van der Waals surface area contributed by atoms with Gasteiger partial charge >= 0.3 is 0 Å². The van der Waals surface area contributed by atoms with Gasteiger partial charge in [0.15, 0.2) is 21.5 Å². The van der Waals surface area contributed by atoms with Gasteiger partial charge in [-0.3, -0.25) is 4.79 Å². The zero-order valence-corrected chi connectivity index (χ0v) is 14.6. The Morgan fingerprint density at radius 2 is 2.00 bits per heavy atom. The number of hydrogen-bond acceptors (Lipinski definition) is 6. The van der Waals surface area contributed by atoms with Crippen LogP contribution in [-0.4, -0.2) is 53.8 Å². The van der Waals surface area contributed by atoms with Gasteiger partial charge in [-0.15, -0.1) is 0 Å². The molecular weight excluding hydrogens is 366 g/mol. The number of nitrogens with one attached hydrogen (secondary N) is 1. The van der Waals surface area contributed by atoms with E-state index in [1.165, 1.54) is 24.1 Å². The average molecular weight is 382 g/mol. The summed E-state index contributed by atoms with van der Waals surface area (Å²) in [7, 11) is -1.59. The molecule has 0 bridgehead atoms. The second-order valence-corrected chi connectivity index (χ2v) is 8.24. The van der Waals surface area contributed by atoms with Gasteiger partial charge in [0.25, 0.3) is 5.91 Å². The lowest BCUT2D eigenvalue weighted by molar-refractivity contribution is 0.0741. The third-order valence-electron chi connectivity index (χ3n) is 4.15. The molecule has 1 aliphatic rings. The molecule has 1 aliphatic heterocycles. The number of carbonyl (C=O) groups excluding carboxylic acids is 1. The van der Waals surface area contributed by atoms with Crippen molar-refractivity contribution in [2.75, 3.05) is 23.9 Å².